The molecule has 4 aromatic rings. The first kappa shape index (κ1) is 30.6. The summed E-state index contributed by atoms with van der Waals surface area (Å²) in [7, 11) is 1.58. The number of piperazine rings is 1. The van der Waals surface area contributed by atoms with Crippen LogP contribution in [0.15, 0.2) is 60.8 Å². The number of terminal acetylenes is 1. The van der Waals surface area contributed by atoms with Gasteiger partial charge in [0.1, 0.15) is 23.7 Å². The van der Waals surface area contributed by atoms with E-state index in [1.807, 2.05) is 30.3 Å². The van der Waals surface area contributed by atoms with Gasteiger partial charge in [-0.2, -0.15) is 5.01 Å². The molecule has 2 aromatic heterocycles. The molecule has 0 aliphatic carbocycles. The van der Waals surface area contributed by atoms with E-state index in [2.05, 4.69) is 21.2 Å². The van der Waals surface area contributed by atoms with Gasteiger partial charge in [-0.1, -0.05) is 41.5 Å². The highest BCUT2D eigenvalue weighted by atomic mass is 32.1. The topological polar surface area (TPSA) is 157 Å². The molecule has 4 amide bonds. The monoisotopic (exact) mass is 640 g/mol. The molecule has 0 bridgehead atoms. The largest absolute Gasteiger partial charge is 0.506 e. The van der Waals surface area contributed by atoms with E-state index in [4.69, 9.17) is 16.9 Å². The lowest BCUT2D eigenvalue weighted by Crippen LogP contribution is -2.66. The van der Waals surface area contributed by atoms with E-state index >= 15 is 0 Å². The van der Waals surface area contributed by atoms with Crippen LogP contribution in [0.25, 0.3) is 10.2 Å². The third-order valence-electron chi connectivity index (χ3n) is 8.05. The minimum Gasteiger partial charge on any atom is -0.506 e. The number of ether oxygens (including phenoxy) is 1. The number of methoxy groups -OCH3 is 1. The standard InChI is InChI=1S/C32H32N8O5S/c1-3-13-38(32(44)35-15-20-7-11-24(45-2)12-8-20)39-19-28(42)40-25(14-22-9-10-23(41)16-34-22)30(43)37(18-27(39)40)17-21-5-4-6-26-29(21)36-31(33)46-26/h1,4-12,16,25,27,41H,13-15,17-19H2,2H3,(H2,33,36)(H,35,44)/t25-,27+/m0/s1. The number of nitrogens with two attached hydrogens (primary N) is 1. The predicted molar refractivity (Wildman–Crippen MR) is 171 cm³/mol. The fourth-order valence-electron chi connectivity index (χ4n) is 5.86. The van der Waals surface area contributed by atoms with Gasteiger partial charge >= 0.3 is 6.03 Å². The van der Waals surface area contributed by atoms with Crippen LogP contribution in [0.5, 0.6) is 11.5 Å². The number of fused-ring (bicyclic) bond motifs is 2. The number of para-hydroxylation sites is 1. The molecule has 0 saturated carbocycles. The van der Waals surface area contributed by atoms with Crippen LogP contribution >= 0.6 is 11.3 Å². The van der Waals surface area contributed by atoms with Gasteiger partial charge in [-0.15, -0.1) is 6.42 Å². The van der Waals surface area contributed by atoms with E-state index < -0.39 is 18.2 Å². The van der Waals surface area contributed by atoms with Crippen LogP contribution in [-0.2, 0) is 29.1 Å². The average Bonchev–Trinajstić information content (AvgIpc) is 3.60. The fraction of sp³-hybridized carbons (Fsp3) is 0.281. The molecule has 236 valence electrons. The number of hydrazine groups is 1. The lowest BCUT2D eigenvalue weighted by Gasteiger charge is -2.46. The second-order valence-electron chi connectivity index (χ2n) is 10.9. The number of nitrogen functional groups attached to an aromatic ring is 1. The van der Waals surface area contributed by atoms with Crippen molar-refractivity contribution in [2.45, 2.75) is 31.7 Å². The number of thiazole rings is 1. The van der Waals surface area contributed by atoms with Gasteiger partial charge in [0.2, 0.25) is 11.8 Å². The minimum atomic E-state index is -0.914. The van der Waals surface area contributed by atoms with Gasteiger partial charge in [0.15, 0.2) is 5.13 Å². The molecule has 4 N–H and O–H groups in total. The van der Waals surface area contributed by atoms with Crippen molar-refractivity contribution in [2.75, 3.05) is 32.5 Å². The summed E-state index contributed by atoms with van der Waals surface area (Å²) in [5, 5.41) is 16.0. The highest BCUT2D eigenvalue weighted by Crippen LogP contribution is 2.32. The molecule has 2 saturated heterocycles. The van der Waals surface area contributed by atoms with E-state index in [0.29, 0.717) is 22.1 Å². The van der Waals surface area contributed by atoms with Crippen molar-refractivity contribution < 1.29 is 24.2 Å². The van der Waals surface area contributed by atoms with Gasteiger partial charge in [-0.05, 0) is 41.5 Å². The molecule has 2 aromatic carbocycles. The quantitative estimate of drug-likeness (QED) is 0.233. The molecule has 14 heteroatoms. The summed E-state index contributed by atoms with van der Waals surface area (Å²) < 4.78 is 6.11. The maximum atomic E-state index is 14.1. The van der Waals surface area contributed by atoms with Gasteiger partial charge in [0.25, 0.3) is 0 Å². The summed E-state index contributed by atoms with van der Waals surface area (Å²) in [6.07, 6.45) is 6.42. The number of aromatic nitrogens is 2. The number of urea groups is 1. The van der Waals surface area contributed by atoms with Gasteiger partial charge in [0.05, 0.1) is 43.2 Å². The lowest BCUT2D eigenvalue weighted by atomic mass is 10.0. The van der Waals surface area contributed by atoms with E-state index in [9.17, 15) is 19.5 Å². The molecule has 2 aliphatic rings. The van der Waals surface area contributed by atoms with Crippen LogP contribution in [0, 0.1) is 12.3 Å². The minimum absolute atomic E-state index is 0.0112. The molecular weight excluding hydrogens is 608 g/mol. The number of carbonyl (C=O) groups excluding carboxylic acids is 3. The van der Waals surface area contributed by atoms with E-state index in [-0.39, 0.29) is 56.7 Å². The second kappa shape index (κ2) is 12.9. The summed E-state index contributed by atoms with van der Waals surface area (Å²) in [6.45, 7) is 0.306. The number of aromatic hydroxyl groups is 1. The number of anilines is 1. The van der Waals surface area contributed by atoms with Crippen molar-refractivity contribution >= 4 is 44.5 Å². The molecule has 0 unspecified atom stereocenters. The first-order valence-electron chi connectivity index (χ1n) is 14.5. The molecule has 0 radical (unpaired) electrons. The Kier molecular flexibility index (Phi) is 8.60. The van der Waals surface area contributed by atoms with Crippen LogP contribution in [0.3, 0.4) is 0 Å². The molecule has 13 nitrogen and oxygen atoms in total. The molecule has 2 atom stereocenters. The van der Waals surface area contributed by atoms with E-state index in [1.54, 1.807) is 35.2 Å². The Bertz CT molecular complexity index is 1810. The fourth-order valence-corrected chi connectivity index (χ4v) is 6.64. The van der Waals surface area contributed by atoms with Crippen LogP contribution in [0.4, 0.5) is 9.93 Å². The van der Waals surface area contributed by atoms with Gasteiger partial charge in [-0.3, -0.25) is 14.6 Å². The highest BCUT2D eigenvalue weighted by Gasteiger charge is 2.52. The van der Waals surface area contributed by atoms with Crippen LogP contribution < -0.4 is 15.8 Å². The molecule has 6 rings (SSSR count). The van der Waals surface area contributed by atoms with Crippen molar-refractivity contribution in [3.05, 3.63) is 77.6 Å². The predicted octanol–water partition coefficient (Wildman–Crippen LogP) is 2.17. The first-order valence-corrected chi connectivity index (χ1v) is 15.3. The summed E-state index contributed by atoms with van der Waals surface area (Å²) in [4.78, 5) is 53.3. The zero-order chi connectivity index (χ0) is 32.4. The van der Waals surface area contributed by atoms with Crippen molar-refractivity contribution in [3.63, 3.8) is 0 Å². The third-order valence-corrected chi connectivity index (χ3v) is 8.90. The average molecular weight is 641 g/mol. The van der Waals surface area contributed by atoms with Gasteiger partial charge in [-0.25, -0.2) is 14.8 Å². The number of rotatable bonds is 9. The first-order chi connectivity index (χ1) is 22.2. The number of hydrogen-bond acceptors (Lipinski definition) is 10. The van der Waals surface area contributed by atoms with Crippen molar-refractivity contribution in [1.29, 1.82) is 0 Å². The Morgan fingerprint density at radius 2 is 2.02 bits per heavy atom. The molecule has 4 heterocycles. The maximum absolute atomic E-state index is 14.1. The smallest absolute Gasteiger partial charge is 0.333 e. The SMILES string of the molecule is C#CCN(C(=O)NCc1ccc(OC)cc1)N1CC(=O)N2[C@@H](Cc3ccc(O)cn3)C(=O)N(Cc3cccc4sc(N)nc34)C[C@@H]21. The number of amides is 4. The molecule has 0 spiro atoms. The summed E-state index contributed by atoms with van der Waals surface area (Å²) in [5.74, 6) is 2.63. The van der Waals surface area contributed by atoms with E-state index in [0.717, 1.165) is 15.8 Å². The van der Waals surface area contributed by atoms with Crippen molar-refractivity contribution in [3.8, 4) is 23.8 Å². The Morgan fingerprint density at radius 3 is 2.74 bits per heavy atom. The third kappa shape index (κ3) is 6.10. The number of nitrogens with one attached hydrogen (secondary N) is 1. The molecule has 2 fully saturated rings. The van der Waals surface area contributed by atoms with Crippen LogP contribution in [-0.4, -0.2) is 91.7 Å². The number of benzene rings is 2. The zero-order valence-corrected chi connectivity index (χ0v) is 25.8. The van der Waals surface area contributed by atoms with Crippen LogP contribution in [0.2, 0.25) is 0 Å². The van der Waals surface area contributed by atoms with Gasteiger partial charge in [0, 0.05) is 25.2 Å². The number of carbonyl (C=O) groups is 3. The summed E-state index contributed by atoms with van der Waals surface area (Å²) >= 11 is 1.36. The second-order valence-corrected chi connectivity index (χ2v) is 12.0. The Balaban J connectivity index is 1.30. The Morgan fingerprint density at radius 1 is 1.22 bits per heavy atom. The Labute approximate surface area is 269 Å². The number of hydrogen-bond donors (Lipinski definition) is 3. The van der Waals surface area contributed by atoms with Crippen molar-refractivity contribution in [2.24, 2.45) is 0 Å². The Hall–Kier alpha value is -5.39. The highest BCUT2D eigenvalue weighted by molar-refractivity contribution is 7.22. The summed E-state index contributed by atoms with van der Waals surface area (Å²) in [5.41, 5.74) is 8.88. The molecule has 2 aliphatic heterocycles. The van der Waals surface area contributed by atoms with Crippen molar-refractivity contribution in [1.82, 2.24) is 35.1 Å². The normalized spacial score (nSPS) is 18.0. The lowest BCUT2D eigenvalue weighted by molar-refractivity contribution is -0.157. The molecular formula is C32H32N8O5S. The zero-order valence-electron chi connectivity index (χ0n) is 25.0. The maximum Gasteiger partial charge on any atom is 0.333 e. The molecule has 46 heavy (non-hydrogen) atoms. The van der Waals surface area contributed by atoms with Crippen LogP contribution in [0.1, 0.15) is 16.8 Å². The number of nitrogens with zero attached hydrogens (tertiary/aromatic N) is 6. The van der Waals surface area contributed by atoms with Gasteiger partial charge < -0.3 is 30.7 Å². The summed E-state index contributed by atoms with van der Waals surface area (Å²) in [6, 6.07) is 14.7. The number of pyridine rings is 1. The van der Waals surface area contributed by atoms with E-state index in [1.165, 1.54) is 33.5 Å².